The van der Waals surface area contributed by atoms with E-state index in [4.69, 9.17) is 4.74 Å². The summed E-state index contributed by atoms with van der Waals surface area (Å²) in [6.07, 6.45) is 0. The van der Waals surface area contributed by atoms with Crippen molar-refractivity contribution < 1.29 is 9.53 Å². The fraction of sp³-hybridized carbons (Fsp3) is 0.350. The van der Waals surface area contributed by atoms with Gasteiger partial charge < -0.3 is 15.4 Å². The molecule has 4 heteroatoms. The standard InChI is InChI=1S/C20H26N2O2/c1-14-5-7-18(8-6-14)13-22-20(23)21-9-10-24-19-16(3)11-15(2)12-17(19)4/h5-8,11-12H,9-10,13H2,1-4H3,(H2,21,22,23). The summed E-state index contributed by atoms with van der Waals surface area (Å²) in [6, 6.07) is 12.1. The molecule has 0 aliphatic rings. The molecule has 2 aromatic rings. The van der Waals surface area contributed by atoms with E-state index in [9.17, 15) is 4.79 Å². The maximum absolute atomic E-state index is 11.8. The Bertz CT molecular complexity index is 670. The summed E-state index contributed by atoms with van der Waals surface area (Å²) in [5.74, 6) is 0.905. The van der Waals surface area contributed by atoms with Gasteiger partial charge in [0.15, 0.2) is 0 Å². The van der Waals surface area contributed by atoms with Crippen LogP contribution in [0.15, 0.2) is 36.4 Å². The van der Waals surface area contributed by atoms with Gasteiger partial charge in [0.05, 0.1) is 6.54 Å². The van der Waals surface area contributed by atoms with Crippen molar-refractivity contribution in [2.75, 3.05) is 13.2 Å². The Morgan fingerprint density at radius 2 is 1.54 bits per heavy atom. The molecule has 2 N–H and O–H groups in total. The summed E-state index contributed by atoms with van der Waals surface area (Å²) in [5.41, 5.74) is 5.76. The van der Waals surface area contributed by atoms with E-state index in [1.807, 2.05) is 45.0 Å². The van der Waals surface area contributed by atoms with Crippen LogP contribution < -0.4 is 15.4 Å². The molecule has 0 unspecified atom stereocenters. The van der Waals surface area contributed by atoms with Gasteiger partial charge in [-0.15, -0.1) is 0 Å². The molecule has 2 amide bonds. The van der Waals surface area contributed by atoms with Crippen LogP contribution in [0.1, 0.15) is 27.8 Å². The molecule has 0 saturated heterocycles. The summed E-state index contributed by atoms with van der Waals surface area (Å²) >= 11 is 0. The molecule has 128 valence electrons. The van der Waals surface area contributed by atoms with Gasteiger partial charge in [0.2, 0.25) is 0 Å². The number of rotatable bonds is 6. The summed E-state index contributed by atoms with van der Waals surface area (Å²) in [4.78, 5) is 11.8. The molecule has 0 atom stereocenters. The fourth-order valence-electron chi connectivity index (χ4n) is 2.66. The summed E-state index contributed by atoms with van der Waals surface area (Å²) < 4.78 is 5.81. The first kappa shape index (κ1) is 17.9. The van der Waals surface area contributed by atoms with Crippen molar-refractivity contribution in [3.8, 4) is 5.75 Å². The second-order valence-corrected chi connectivity index (χ2v) is 6.17. The Labute approximate surface area is 144 Å². The van der Waals surface area contributed by atoms with E-state index >= 15 is 0 Å². The SMILES string of the molecule is Cc1ccc(CNC(=O)NCCOc2c(C)cc(C)cc2C)cc1. The zero-order valence-electron chi connectivity index (χ0n) is 14.9. The second kappa shape index (κ2) is 8.39. The van der Waals surface area contributed by atoms with Crippen molar-refractivity contribution in [3.63, 3.8) is 0 Å². The first-order valence-corrected chi connectivity index (χ1v) is 8.23. The van der Waals surface area contributed by atoms with Crippen molar-refractivity contribution >= 4 is 6.03 Å². The predicted octanol–water partition coefficient (Wildman–Crippen LogP) is 3.80. The number of nitrogens with one attached hydrogen (secondary N) is 2. The summed E-state index contributed by atoms with van der Waals surface area (Å²) in [5, 5.41) is 5.65. The lowest BCUT2D eigenvalue weighted by Gasteiger charge is -2.14. The van der Waals surface area contributed by atoms with Gasteiger partial charge in [-0.2, -0.15) is 0 Å². The zero-order valence-corrected chi connectivity index (χ0v) is 14.9. The topological polar surface area (TPSA) is 50.4 Å². The van der Waals surface area contributed by atoms with Crippen molar-refractivity contribution in [2.24, 2.45) is 0 Å². The van der Waals surface area contributed by atoms with E-state index in [0.29, 0.717) is 19.7 Å². The maximum Gasteiger partial charge on any atom is 0.315 e. The number of hydrogen-bond donors (Lipinski definition) is 2. The van der Waals surface area contributed by atoms with Crippen LogP contribution in [0.3, 0.4) is 0 Å². The van der Waals surface area contributed by atoms with Crippen molar-refractivity contribution in [3.05, 3.63) is 64.2 Å². The van der Waals surface area contributed by atoms with Crippen molar-refractivity contribution in [2.45, 2.75) is 34.2 Å². The minimum atomic E-state index is -0.184. The molecule has 0 radical (unpaired) electrons. The van der Waals surface area contributed by atoms with Crippen molar-refractivity contribution in [1.82, 2.24) is 10.6 Å². The Hall–Kier alpha value is -2.49. The van der Waals surface area contributed by atoms with Crippen LogP contribution in [0.5, 0.6) is 5.75 Å². The molecule has 0 aromatic heterocycles. The largest absolute Gasteiger partial charge is 0.491 e. The van der Waals surface area contributed by atoms with Gasteiger partial charge in [0.1, 0.15) is 12.4 Å². The third kappa shape index (κ3) is 5.30. The monoisotopic (exact) mass is 326 g/mol. The van der Waals surface area contributed by atoms with Crippen LogP contribution in [0, 0.1) is 27.7 Å². The average molecular weight is 326 g/mol. The lowest BCUT2D eigenvalue weighted by molar-refractivity contribution is 0.236. The van der Waals surface area contributed by atoms with Gasteiger partial charge in [-0.05, 0) is 44.4 Å². The molecule has 2 rings (SSSR count). The van der Waals surface area contributed by atoms with Gasteiger partial charge in [-0.25, -0.2) is 4.79 Å². The van der Waals surface area contributed by atoms with E-state index in [-0.39, 0.29) is 6.03 Å². The maximum atomic E-state index is 11.8. The van der Waals surface area contributed by atoms with Gasteiger partial charge in [0, 0.05) is 6.54 Å². The molecule has 0 aliphatic carbocycles. The van der Waals surface area contributed by atoms with Crippen LogP contribution in [0.25, 0.3) is 0 Å². The third-order valence-corrected chi connectivity index (χ3v) is 3.81. The normalized spacial score (nSPS) is 10.3. The lowest BCUT2D eigenvalue weighted by atomic mass is 10.1. The quantitative estimate of drug-likeness (QED) is 0.793. The van der Waals surface area contributed by atoms with Gasteiger partial charge in [-0.3, -0.25) is 0 Å². The average Bonchev–Trinajstić information content (AvgIpc) is 2.52. The molecule has 0 fully saturated rings. The summed E-state index contributed by atoms with van der Waals surface area (Å²) in [7, 11) is 0. The van der Waals surface area contributed by atoms with Crippen LogP contribution in [0.4, 0.5) is 4.79 Å². The molecule has 0 aliphatic heterocycles. The number of benzene rings is 2. The molecule has 0 heterocycles. The first-order valence-electron chi connectivity index (χ1n) is 8.23. The minimum absolute atomic E-state index is 0.184. The van der Waals surface area contributed by atoms with Crippen molar-refractivity contribution in [1.29, 1.82) is 0 Å². The Balaban J connectivity index is 1.70. The van der Waals surface area contributed by atoms with Gasteiger partial charge in [-0.1, -0.05) is 47.5 Å². The van der Waals surface area contributed by atoms with E-state index < -0.39 is 0 Å². The highest BCUT2D eigenvalue weighted by Gasteiger charge is 2.05. The van der Waals surface area contributed by atoms with E-state index in [0.717, 1.165) is 22.4 Å². The molecule has 0 spiro atoms. The first-order chi connectivity index (χ1) is 11.5. The van der Waals surface area contributed by atoms with Crippen LogP contribution >= 0.6 is 0 Å². The van der Waals surface area contributed by atoms with Crippen LogP contribution in [0.2, 0.25) is 0 Å². The van der Waals surface area contributed by atoms with Gasteiger partial charge in [0.25, 0.3) is 0 Å². The number of carbonyl (C=O) groups excluding carboxylic acids is 1. The zero-order chi connectivity index (χ0) is 17.5. The number of carbonyl (C=O) groups is 1. The highest BCUT2D eigenvalue weighted by Crippen LogP contribution is 2.24. The number of ether oxygens (including phenoxy) is 1. The number of hydrogen-bond acceptors (Lipinski definition) is 2. The molecule has 0 bridgehead atoms. The van der Waals surface area contributed by atoms with E-state index in [1.54, 1.807) is 0 Å². The smallest absolute Gasteiger partial charge is 0.315 e. The minimum Gasteiger partial charge on any atom is -0.491 e. The second-order valence-electron chi connectivity index (χ2n) is 6.17. The molecular weight excluding hydrogens is 300 g/mol. The lowest BCUT2D eigenvalue weighted by Crippen LogP contribution is -2.37. The molecule has 0 saturated carbocycles. The van der Waals surface area contributed by atoms with E-state index in [2.05, 4.69) is 29.7 Å². The Morgan fingerprint density at radius 3 is 2.17 bits per heavy atom. The molecular formula is C20H26N2O2. The highest BCUT2D eigenvalue weighted by atomic mass is 16.5. The van der Waals surface area contributed by atoms with Gasteiger partial charge >= 0.3 is 6.03 Å². The predicted molar refractivity (Wildman–Crippen MR) is 97.6 cm³/mol. The summed E-state index contributed by atoms with van der Waals surface area (Å²) in [6.45, 7) is 9.62. The van der Waals surface area contributed by atoms with E-state index in [1.165, 1.54) is 11.1 Å². The fourth-order valence-corrected chi connectivity index (χ4v) is 2.66. The molecule has 2 aromatic carbocycles. The Kier molecular flexibility index (Phi) is 6.24. The van der Waals surface area contributed by atoms with Crippen LogP contribution in [-0.2, 0) is 6.54 Å². The molecule has 4 nitrogen and oxygen atoms in total. The Morgan fingerprint density at radius 1 is 0.917 bits per heavy atom. The number of urea groups is 1. The highest BCUT2D eigenvalue weighted by molar-refractivity contribution is 5.73. The number of aryl methyl sites for hydroxylation is 4. The third-order valence-electron chi connectivity index (χ3n) is 3.81. The molecule has 24 heavy (non-hydrogen) atoms. The van der Waals surface area contributed by atoms with Crippen LogP contribution in [-0.4, -0.2) is 19.2 Å². The number of amides is 2.